The van der Waals surface area contributed by atoms with E-state index in [9.17, 15) is 22.8 Å². The van der Waals surface area contributed by atoms with E-state index in [1.54, 1.807) is 18.2 Å². The van der Waals surface area contributed by atoms with Crippen LogP contribution in [0.1, 0.15) is 28.1 Å². The van der Waals surface area contributed by atoms with Gasteiger partial charge in [-0.25, -0.2) is 13.6 Å². The average Bonchev–Trinajstić information content (AvgIpc) is 3.41. The number of hydrogen-bond acceptors (Lipinski definition) is 7. The van der Waals surface area contributed by atoms with Crippen LogP contribution in [0.3, 0.4) is 0 Å². The highest BCUT2D eigenvalue weighted by molar-refractivity contribution is 7.89. The predicted octanol–water partition coefficient (Wildman–Crippen LogP) is 1.03. The molecule has 170 valence electrons. The largest absolute Gasteiger partial charge is 0.497 e. The maximum Gasteiger partial charge on any atom is 0.254 e. The molecule has 33 heavy (non-hydrogen) atoms. The van der Waals surface area contributed by atoms with Crippen LogP contribution in [0.25, 0.3) is 11.0 Å². The van der Waals surface area contributed by atoms with Crippen molar-refractivity contribution in [1.82, 2.24) is 10.2 Å². The quantitative estimate of drug-likeness (QED) is 0.530. The molecule has 3 amide bonds. The number of furan rings is 1. The van der Waals surface area contributed by atoms with E-state index >= 15 is 0 Å². The number of rotatable bonds is 5. The number of sulfonamides is 1. The Bertz CT molecular complexity index is 1460. The number of methoxy groups -OCH3 is 1. The van der Waals surface area contributed by atoms with Gasteiger partial charge in [0.2, 0.25) is 21.8 Å². The first-order valence-corrected chi connectivity index (χ1v) is 11.5. The maximum absolute atomic E-state index is 13.1. The molecule has 1 fully saturated rings. The molecule has 1 saturated heterocycles. The third-order valence-electron chi connectivity index (χ3n) is 6.09. The molecule has 2 aromatic carbocycles. The normalized spacial score (nSPS) is 20.4. The average molecular weight is 469 g/mol. The molecule has 0 saturated carbocycles. The molecule has 0 radical (unpaired) electrons. The molecule has 1 aromatic heterocycles. The second kappa shape index (κ2) is 7.15. The lowest BCUT2D eigenvalue weighted by Crippen LogP contribution is -2.46. The lowest BCUT2D eigenvalue weighted by atomic mass is 9.82. The minimum absolute atomic E-state index is 0.0950. The lowest BCUT2D eigenvalue weighted by Gasteiger charge is -2.28. The predicted molar refractivity (Wildman–Crippen MR) is 115 cm³/mol. The number of primary sulfonamides is 1. The Morgan fingerprint density at radius 1 is 1.15 bits per heavy atom. The molecule has 2 aliphatic rings. The van der Waals surface area contributed by atoms with Gasteiger partial charge in [-0.05, 0) is 42.0 Å². The van der Waals surface area contributed by atoms with Crippen LogP contribution >= 0.6 is 0 Å². The van der Waals surface area contributed by atoms with Gasteiger partial charge in [0, 0.05) is 24.0 Å². The summed E-state index contributed by atoms with van der Waals surface area (Å²) in [6.07, 6.45) is -0.211. The highest BCUT2D eigenvalue weighted by atomic mass is 32.2. The number of amides is 3. The van der Waals surface area contributed by atoms with E-state index in [1.165, 1.54) is 36.3 Å². The lowest BCUT2D eigenvalue weighted by molar-refractivity contribution is -0.127. The fraction of sp³-hybridized carbons (Fsp3) is 0.227. The Morgan fingerprint density at radius 3 is 2.61 bits per heavy atom. The molecule has 1 atom stereocenters. The molecule has 0 unspecified atom stereocenters. The van der Waals surface area contributed by atoms with Crippen molar-refractivity contribution in [1.29, 1.82) is 0 Å². The number of carbonyl (C=O) groups is 3. The standard InChI is InChI=1S/C22H19N3O7S/c1-31-14-3-2-12-10-25(20(27)16(12)8-14)11-22(9-19(26)24-21(22)28)18-7-13-6-15(33(23,29)30)4-5-17(13)32-18/h2-8H,9-11H2,1H3,(H2,23,29,30)(H,24,26,28)/t22-/m1/s1. The Hall–Kier alpha value is -3.70. The number of nitrogens with one attached hydrogen (secondary N) is 1. The zero-order valence-electron chi connectivity index (χ0n) is 17.5. The van der Waals surface area contributed by atoms with E-state index in [1.807, 2.05) is 0 Å². The van der Waals surface area contributed by atoms with Crippen LogP contribution in [0, 0.1) is 0 Å². The summed E-state index contributed by atoms with van der Waals surface area (Å²) < 4.78 is 34.5. The Morgan fingerprint density at radius 2 is 1.94 bits per heavy atom. The van der Waals surface area contributed by atoms with Crippen LogP contribution in [0.4, 0.5) is 0 Å². The summed E-state index contributed by atoms with van der Waals surface area (Å²) in [6, 6.07) is 10.8. The SMILES string of the molecule is COc1ccc2c(c1)C(=O)N(C[C@@]1(c3cc4cc(S(N)(=O)=O)ccc4o3)CC(=O)NC1=O)C2. The van der Waals surface area contributed by atoms with Crippen molar-refractivity contribution in [2.75, 3.05) is 13.7 Å². The Labute approximate surface area is 188 Å². The minimum Gasteiger partial charge on any atom is -0.497 e. The number of ether oxygens (including phenoxy) is 1. The number of nitrogens with two attached hydrogens (primary N) is 1. The fourth-order valence-corrected chi connectivity index (χ4v) is 4.95. The molecule has 0 spiro atoms. The second-order valence-electron chi connectivity index (χ2n) is 8.18. The van der Waals surface area contributed by atoms with Crippen LogP contribution in [0.5, 0.6) is 5.75 Å². The van der Waals surface area contributed by atoms with Gasteiger partial charge in [-0.1, -0.05) is 6.07 Å². The van der Waals surface area contributed by atoms with Gasteiger partial charge in [0.15, 0.2) is 0 Å². The molecule has 3 aromatic rings. The van der Waals surface area contributed by atoms with Gasteiger partial charge >= 0.3 is 0 Å². The molecule has 3 N–H and O–H groups in total. The molecule has 0 bridgehead atoms. The van der Waals surface area contributed by atoms with Crippen molar-refractivity contribution >= 4 is 38.7 Å². The summed E-state index contributed by atoms with van der Waals surface area (Å²) in [6.45, 7) is 0.166. The van der Waals surface area contributed by atoms with Gasteiger partial charge in [0.1, 0.15) is 22.5 Å². The van der Waals surface area contributed by atoms with Gasteiger partial charge in [-0.15, -0.1) is 0 Å². The number of benzene rings is 2. The van der Waals surface area contributed by atoms with Crippen molar-refractivity contribution in [2.24, 2.45) is 5.14 Å². The highest BCUT2D eigenvalue weighted by Gasteiger charge is 2.53. The molecule has 11 heteroatoms. The summed E-state index contributed by atoms with van der Waals surface area (Å²) in [5.74, 6) is -0.664. The van der Waals surface area contributed by atoms with Crippen molar-refractivity contribution < 1.29 is 32.0 Å². The maximum atomic E-state index is 13.1. The summed E-state index contributed by atoms with van der Waals surface area (Å²) in [5, 5.41) is 7.92. The molecular formula is C22H19N3O7S. The van der Waals surface area contributed by atoms with Crippen LogP contribution in [0.15, 0.2) is 51.8 Å². The number of carbonyl (C=O) groups excluding carboxylic acids is 3. The third kappa shape index (κ3) is 3.36. The fourth-order valence-electron chi connectivity index (χ4n) is 4.40. The molecular weight excluding hydrogens is 450 g/mol. The Balaban J connectivity index is 1.56. The third-order valence-corrected chi connectivity index (χ3v) is 7.01. The second-order valence-corrected chi connectivity index (χ2v) is 9.74. The van der Waals surface area contributed by atoms with E-state index in [0.29, 0.717) is 22.3 Å². The van der Waals surface area contributed by atoms with Crippen molar-refractivity contribution in [3.8, 4) is 5.75 Å². The summed E-state index contributed by atoms with van der Waals surface area (Å²) in [7, 11) is -2.43. The highest BCUT2D eigenvalue weighted by Crippen LogP contribution is 2.39. The monoisotopic (exact) mass is 469 g/mol. The van der Waals surface area contributed by atoms with E-state index in [4.69, 9.17) is 14.3 Å². The number of fused-ring (bicyclic) bond motifs is 2. The molecule has 0 aliphatic carbocycles. The first-order valence-electron chi connectivity index (χ1n) is 9.98. The van der Waals surface area contributed by atoms with E-state index < -0.39 is 27.3 Å². The molecule has 10 nitrogen and oxygen atoms in total. The van der Waals surface area contributed by atoms with Crippen LogP contribution in [0.2, 0.25) is 0 Å². The van der Waals surface area contributed by atoms with E-state index in [-0.39, 0.29) is 36.1 Å². The molecule has 3 heterocycles. The van der Waals surface area contributed by atoms with Gasteiger partial charge in [-0.3, -0.25) is 19.7 Å². The van der Waals surface area contributed by atoms with Crippen molar-refractivity contribution in [3.05, 3.63) is 59.4 Å². The van der Waals surface area contributed by atoms with Crippen LogP contribution in [-0.4, -0.2) is 44.7 Å². The van der Waals surface area contributed by atoms with Crippen molar-refractivity contribution in [3.63, 3.8) is 0 Å². The van der Waals surface area contributed by atoms with Gasteiger partial charge in [0.25, 0.3) is 5.91 Å². The van der Waals surface area contributed by atoms with Crippen molar-refractivity contribution in [2.45, 2.75) is 23.3 Å². The first kappa shape index (κ1) is 21.2. The van der Waals surface area contributed by atoms with Gasteiger partial charge in [-0.2, -0.15) is 0 Å². The first-order chi connectivity index (χ1) is 15.6. The van der Waals surface area contributed by atoms with Gasteiger partial charge in [0.05, 0.1) is 18.4 Å². The number of imide groups is 1. The number of hydrogen-bond donors (Lipinski definition) is 2. The van der Waals surface area contributed by atoms with Crippen LogP contribution < -0.4 is 15.2 Å². The Kier molecular flexibility index (Phi) is 4.59. The van der Waals surface area contributed by atoms with Gasteiger partial charge < -0.3 is 14.1 Å². The smallest absolute Gasteiger partial charge is 0.254 e. The van der Waals surface area contributed by atoms with Crippen LogP contribution in [-0.2, 0) is 31.6 Å². The topological polar surface area (TPSA) is 149 Å². The van der Waals surface area contributed by atoms with E-state index in [2.05, 4.69) is 5.32 Å². The summed E-state index contributed by atoms with van der Waals surface area (Å²) >= 11 is 0. The molecule has 5 rings (SSSR count). The molecule has 2 aliphatic heterocycles. The zero-order valence-corrected chi connectivity index (χ0v) is 18.3. The summed E-state index contributed by atoms with van der Waals surface area (Å²) in [5.41, 5.74) is 0.115. The number of nitrogens with zero attached hydrogens (tertiary/aromatic N) is 1. The zero-order chi connectivity index (χ0) is 23.5. The minimum atomic E-state index is -3.94. The summed E-state index contributed by atoms with van der Waals surface area (Å²) in [4.78, 5) is 39.7. The van der Waals surface area contributed by atoms with E-state index in [0.717, 1.165) is 5.56 Å².